The molecule has 0 unspecified atom stereocenters. The maximum Gasteiger partial charge on any atom is 0.319 e. The second kappa shape index (κ2) is 9.53. The zero-order valence-corrected chi connectivity index (χ0v) is 17.7. The molecule has 0 fully saturated rings. The molecule has 0 aromatic heterocycles. The van der Waals surface area contributed by atoms with Gasteiger partial charge in [-0.05, 0) is 42.0 Å². The highest BCUT2D eigenvalue weighted by atomic mass is 79.9. The van der Waals surface area contributed by atoms with Crippen LogP contribution in [0.15, 0.2) is 58.7 Å². The molecule has 3 rings (SSSR count). The van der Waals surface area contributed by atoms with E-state index in [1.165, 1.54) is 23.1 Å². The standard InChI is InChI=1S/C21H20BrFN4O3/c1-27-18-11-14(22)4-7-19(18)30-12-17(20(27)28)26-21(29)25-16(8-9-24)10-13-2-5-15(23)6-3-13/h2-9,11,17,24H,10,12H2,1H3,(H2,25,26,29)/b16-8-,24-9?/t17-/m0/s1. The van der Waals surface area contributed by atoms with Crippen molar-refractivity contribution in [3.8, 4) is 5.75 Å². The number of likely N-dealkylation sites (N-methyl/N-ethyl adjacent to an activating group) is 1. The summed E-state index contributed by atoms with van der Waals surface area (Å²) < 4.78 is 19.6. The van der Waals surface area contributed by atoms with E-state index in [9.17, 15) is 14.0 Å². The fourth-order valence-electron chi connectivity index (χ4n) is 2.98. The molecule has 0 radical (unpaired) electrons. The number of carbonyl (C=O) groups excluding carboxylic acids is 2. The van der Waals surface area contributed by atoms with E-state index in [4.69, 9.17) is 10.1 Å². The fourth-order valence-corrected chi connectivity index (χ4v) is 3.33. The number of benzene rings is 2. The van der Waals surface area contributed by atoms with Crippen molar-refractivity contribution in [2.24, 2.45) is 0 Å². The van der Waals surface area contributed by atoms with Crippen molar-refractivity contribution in [1.29, 1.82) is 5.41 Å². The Bertz CT molecular complexity index is 994. The Balaban J connectivity index is 1.67. The van der Waals surface area contributed by atoms with Crippen LogP contribution < -0.4 is 20.3 Å². The van der Waals surface area contributed by atoms with Gasteiger partial charge in [-0.1, -0.05) is 28.1 Å². The van der Waals surface area contributed by atoms with Gasteiger partial charge in [-0.2, -0.15) is 0 Å². The molecular weight excluding hydrogens is 455 g/mol. The quantitative estimate of drug-likeness (QED) is 0.579. The molecule has 2 aromatic carbocycles. The summed E-state index contributed by atoms with van der Waals surface area (Å²) in [6.07, 6.45) is 2.76. The number of urea groups is 1. The molecule has 9 heteroatoms. The van der Waals surface area contributed by atoms with E-state index in [0.29, 0.717) is 17.1 Å². The van der Waals surface area contributed by atoms with Crippen molar-refractivity contribution in [2.75, 3.05) is 18.6 Å². The lowest BCUT2D eigenvalue weighted by atomic mass is 10.1. The van der Waals surface area contributed by atoms with Crippen LogP contribution in [0, 0.1) is 11.2 Å². The minimum absolute atomic E-state index is 0.0210. The van der Waals surface area contributed by atoms with Crippen molar-refractivity contribution in [3.05, 3.63) is 70.1 Å². The van der Waals surface area contributed by atoms with Gasteiger partial charge in [0, 0.05) is 29.9 Å². The summed E-state index contributed by atoms with van der Waals surface area (Å²) in [5, 5.41) is 12.6. The first-order valence-electron chi connectivity index (χ1n) is 9.09. The van der Waals surface area contributed by atoms with E-state index >= 15 is 0 Å². The number of carbonyl (C=O) groups is 2. The number of ether oxygens (including phenoxy) is 1. The number of amides is 3. The molecule has 3 amide bonds. The SMILES string of the molecule is CN1C(=O)[C@@H](NC(=O)N/C(=C\C=N)Cc2ccc(F)cc2)COc2ccc(Br)cc21. The Hall–Kier alpha value is -3.20. The summed E-state index contributed by atoms with van der Waals surface area (Å²) in [6.45, 7) is -0.0210. The van der Waals surface area contributed by atoms with Gasteiger partial charge in [-0.3, -0.25) is 4.79 Å². The molecule has 2 aromatic rings. The minimum atomic E-state index is -0.895. The third kappa shape index (κ3) is 5.24. The Morgan fingerprint density at radius 2 is 2.07 bits per heavy atom. The molecule has 0 saturated carbocycles. The first-order chi connectivity index (χ1) is 14.4. The summed E-state index contributed by atoms with van der Waals surface area (Å²) in [5.41, 5.74) is 1.79. The Kier molecular flexibility index (Phi) is 6.83. The van der Waals surface area contributed by atoms with Crippen molar-refractivity contribution in [3.63, 3.8) is 0 Å². The number of rotatable bonds is 5. The highest BCUT2D eigenvalue weighted by molar-refractivity contribution is 9.10. The molecule has 0 aliphatic carbocycles. The van der Waals surface area contributed by atoms with E-state index in [-0.39, 0.29) is 24.8 Å². The maximum atomic E-state index is 13.1. The van der Waals surface area contributed by atoms with Gasteiger partial charge in [-0.15, -0.1) is 0 Å². The van der Waals surface area contributed by atoms with Crippen LogP contribution in [-0.4, -0.2) is 37.8 Å². The van der Waals surface area contributed by atoms with Crippen molar-refractivity contribution >= 4 is 39.8 Å². The van der Waals surface area contributed by atoms with E-state index < -0.39 is 12.1 Å². The lowest BCUT2D eigenvalue weighted by Crippen LogP contribution is -2.52. The number of nitrogens with zero attached hydrogens (tertiary/aromatic N) is 1. The molecule has 1 heterocycles. The first-order valence-corrected chi connectivity index (χ1v) is 9.88. The number of halogens is 2. The van der Waals surface area contributed by atoms with Crippen LogP contribution in [0.2, 0.25) is 0 Å². The number of hydrogen-bond acceptors (Lipinski definition) is 4. The largest absolute Gasteiger partial charge is 0.489 e. The second-order valence-corrected chi connectivity index (χ2v) is 7.55. The van der Waals surface area contributed by atoms with Gasteiger partial charge in [0.25, 0.3) is 5.91 Å². The Morgan fingerprint density at radius 3 is 2.77 bits per heavy atom. The third-order valence-electron chi connectivity index (χ3n) is 4.49. The predicted molar refractivity (Wildman–Crippen MR) is 115 cm³/mol. The van der Waals surface area contributed by atoms with Gasteiger partial charge >= 0.3 is 6.03 Å². The van der Waals surface area contributed by atoms with Crippen molar-refractivity contribution in [2.45, 2.75) is 12.5 Å². The maximum absolute atomic E-state index is 13.1. The Labute approximate surface area is 181 Å². The number of hydrogen-bond donors (Lipinski definition) is 3. The van der Waals surface area contributed by atoms with Crippen LogP contribution >= 0.6 is 15.9 Å². The van der Waals surface area contributed by atoms with Crippen LogP contribution in [0.5, 0.6) is 5.75 Å². The number of allylic oxidation sites excluding steroid dienone is 2. The first kappa shape index (κ1) is 21.5. The van der Waals surface area contributed by atoms with Gasteiger partial charge in [0.15, 0.2) is 0 Å². The molecule has 30 heavy (non-hydrogen) atoms. The molecule has 1 aliphatic rings. The molecule has 1 aliphatic heterocycles. The molecule has 156 valence electrons. The summed E-state index contributed by atoms with van der Waals surface area (Å²) in [7, 11) is 1.61. The monoisotopic (exact) mass is 474 g/mol. The van der Waals surface area contributed by atoms with E-state index in [1.807, 2.05) is 6.07 Å². The van der Waals surface area contributed by atoms with Crippen LogP contribution in [0.4, 0.5) is 14.9 Å². The minimum Gasteiger partial charge on any atom is -0.489 e. The van der Waals surface area contributed by atoms with Crippen LogP contribution in [-0.2, 0) is 11.2 Å². The fraction of sp³-hybridized carbons (Fsp3) is 0.190. The molecule has 7 nitrogen and oxygen atoms in total. The van der Waals surface area contributed by atoms with E-state index in [1.54, 1.807) is 31.3 Å². The average Bonchev–Trinajstić information content (AvgIpc) is 2.82. The number of anilines is 1. The lowest BCUT2D eigenvalue weighted by molar-refractivity contribution is -0.120. The Morgan fingerprint density at radius 1 is 1.33 bits per heavy atom. The molecular formula is C21H20BrFN4O3. The number of fused-ring (bicyclic) bond motifs is 1. The summed E-state index contributed by atoms with van der Waals surface area (Å²) in [6, 6.07) is 9.67. The lowest BCUT2D eigenvalue weighted by Gasteiger charge is -2.21. The average molecular weight is 475 g/mol. The van der Waals surface area contributed by atoms with Crippen molar-refractivity contribution < 1.29 is 18.7 Å². The molecule has 0 bridgehead atoms. The number of nitrogens with one attached hydrogen (secondary N) is 3. The van der Waals surface area contributed by atoms with Crippen LogP contribution in [0.3, 0.4) is 0 Å². The molecule has 3 N–H and O–H groups in total. The van der Waals surface area contributed by atoms with Gasteiger partial charge in [0.1, 0.15) is 24.2 Å². The molecule has 0 spiro atoms. The third-order valence-corrected chi connectivity index (χ3v) is 4.98. The second-order valence-electron chi connectivity index (χ2n) is 6.63. The van der Waals surface area contributed by atoms with Gasteiger partial charge in [0.2, 0.25) is 0 Å². The van der Waals surface area contributed by atoms with Crippen molar-refractivity contribution in [1.82, 2.24) is 10.6 Å². The van der Waals surface area contributed by atoms with Crippen LogP contribution in [0.1, 0.15) is 5.56 Å². The van der Waals surface area contributed by atoms with Gasteiger partial charge in [-0.25, -0.2) is 9.18 Å². The topological polar surface area (TPSA) is 94.5 Å². The summed E-state index contributed by atoms with van der Waals surface area (Å²) in [4.78, 5) is 26.7. The normalized spacial score (nSPS) is 16.2. The summed E-state index contributed by atoms with van der Waals surface area (Å²) >= 11 is 3.37. The highest BCUT2D eigenvalue weighted by Crippen LogP contribution is 2.33. The highest BCUT2D eigenvalue weighted by Gasteiger charge is 2.30. The predicted octanol–water partition coefficient (Wildman–Crippen LogP) is 3.39. The van der Waals surface area contributed by atoms with Gasteiger partial charge in [0.05, 0.1) is 5.69 Å². The molecule has 1 atom stereocenters. The zero-order valence-electron chi connectivity index (χ0n) is 16.1. The smallest absolute Gasteiger partial charge is 0.319 e. The van der Waals surface area contributed by atoms with E-state index in [2.05, 4.69) is 26.6 Å². The zero-order chi connectivity index (χ0) is 21.7. The van der Waals surface area contributed by atoms with Crippen LogP contribution in [0.25, 0.3) is 0 Å². The van der Waals surface area contributed by atoms with Gasteiger partial charge < -0.3 is 25.7 Å². The summed E-state index contributed by atoms with van der Waals surface area (Å²) in [5.74, 6) is -0.136. The van der Waals surface area contributed by atoms with E-state index in [0.717, 1.165) is 16.3 Å². The molecule has 0 saturated heterocycles.